The molecule has 1 fully saturated rings. The maximum atomic E-state index is 12.0. The van der Waals surface area contributed by atoms with E-state index < -0.39 is 10.4 Å². The van der Waals surface area contributed by atoms with Crippen LogP contribution in [0.1, 0.15) is 12.8 Å². The molecule has 1 saturated heterocycles. The zero-order chi connectivity index (χ0) is 8.32. The van der Waals surface area contributed by atoms with E-state index in [1.807, 2.05) is 4.72 Å². The van der Waals surface area contributed by atoms with Gasteiger partial charge in [-0.15, -0.1) is 0 Å². The normalized spacial score (nSPS) is 21.9. The molecular weight excluding hydrogens is 173 g/mol. The number of ether oxygens (including phenoxy) is 1. The van der Waals surface area contributed by atoms with Crippen molar-refractivity contribution in [2.45, 2.75) is 18.9 Å². The third kappa shape index (κ3) is 3.64. The van der Waals surface area contributed by atoms with Crippen molar-refractivity contribution in [1.82, 2.24) is 4.72 Å². The van der Waals surface area contributed by atoms with E-state index in [-0.39, 0.29) is 6.04 Å². The van der Waals surface area contributed by atoms with Crippen molar-refractivity contribution in [3.63, 3.8) is 0 Å². The summed E-state index contributed by atoms with van der Waals surface area (Å²) in [6.45, 7) is 0.986. The number of hydrogen-bond acceptors (Lipinski definition) is 3. The lowest BCUT2D eigenvalue weighted by atomic mass is 10.1. The summed E-state index contributed by atoms with van der Waals surface area (Å²) < 4.78 is 39.0. The minimum atomic E-state index is -4.53. The van der Waals surface area contributed by atoms with Gasteiger partial charge in [0.1, 0.15) is 0 Å². The molecule has 0 aliphatic carbocycles. The Kier molecular flexibility index (Phi) is 2.80. The standard InChI is InChI=1S/C5H10FNO3S/c6-11(8,9)7-5-1-3-10-4-2-5/h5,7H,1-4H2. The molecule has 1 aliphatic rings. The highest BCUT2D eigenvalue weighted by Crippen LogP contribution is 2.07. The Morgan fingerprint density at radius 1 is 1.36 bits per heavy atom. The van der Waals surface area contributed by atoms with Gasteiger partial charge in [-0.1, -0.05) is 3.89 Å². The molecule has 1 aliphatic heterocycles. The molecule has 1 heterocycles. The highest BCUT2D eigenvalue weighted by Gasteiger charge is 2.18. The molecule has 0 atom stereocenters. The smallest absolute Gasteiger partial charge is 0.372 e. The highest BCUT2D eigenvalue weighted by molar-refractivity contribution is 7.84. The maximum Gasteiger partial charge on any atom is 0.372 e. The first-order valence-electron chi connectivity index (χ1n) is 3.37. The summed E-state index contributed by atoms with van der Waals surface area (Å²) >= 11 is 0. The molecule has 1 N–H and O–H groups in total. The quantitative estimate of drug-likeness (QED) is 0.611. The third-order valence-corrected chi connectivity index (χ3v) is 2.14. The van der Waals surface area contributed by atoms with Crippen molar-refractivity contribution in [2.75, 3.05) is 13.2 Å². The van der Waals surface area contributed by atoms with Gasteiger partial charge in [-0.2, -0.15) is 13.1 Å². The predicted octanol–water partition coefficient (Wildman–Crippen LogP) is -0.0307. The zero-order valence-electron chi connectivity index (χ0n) is 5.92. The predicted molar refractivity (Wildman–Crippen MR) is 37.0 cm³/mol. The molecule has 0 bridgehead atoms. The third-order valence-electron chi connectivity index (χ3n) is 1.53. The topological polar surface area (TPSA) is 55.4 Å². The van der Waals surface area contributed by atoms with Crippen LogP contribution in [0.2, 0.25) is 0 Å². The van der Waals surface area contributed by atoms with E-state index in [4.69, 9.17) is 4.74 Å². The van der Waals surface area contributed by atoms with Gasteiger partial charge in [-0.3, -0.25) is 0 Å². The van der Waals surface area contributed by atoms with E-state index >= 15 is 0 Å². The van der Waals surface area contributed by atoms with E-state index in [2.05, 4.69) is 0 Å². The van der Waals surface area contributed by atoms with Crippen LogP contribution in [0.3, 0.4) is 0 Å². The molecule has 0 amide bonds. The summed E-state index contributed by atoms with van der Waals surface area (Å²) in [4.78, 5) is 0. The fourth-order valence-electron chi connectivity index (χ4n) is 1.01. The lowest BCUT2D eigenvalue weighted by Crippen LogP contribution is -2.36. The van der Waals surface area contributed by atoms with Gasteiger partial charge in [0.2, 0.25) is 0 Å². The zero-order valence-corrected chi connectivity index (χ0v) is 6.73. The van der Waals surface area contributed by atoms with Gasteiger partial charge in [0, 0.05) is 19.3 Å². The van der Waals surface area contributed by atoms with Gasteiger partial charge in [-0.05, 0) is 12.8 Å². The molecule has 1 rings (SSSR count). The first-order chi connectivity index (χ1) is 5.08. The Balaban J connectivity index is 2.36. The van der Waals surface area contributed by atoms with Crippen LogP contribution in [0.4, 0.5) is 3.89 Å². The number of halogens is 1. The van der Waals surface area contributed by atoms with E-state index in [0.29, 0.717) is 26.1 Å². The van der Waals surface area contributed by atoms with Gasteiger partial charge in [0.05, 0.1) is 0 Å². The van der Waals surface area contributed by atoms with Crippen LogP contribution in [-0.4, -0.2) is 27.7 Å². The van der Waals surface area contributed by atoms with Gasteiger partial charge >= 0.3 is 10.4 Å². The summed E-state index contributed by atoms with van der Waals surface area (Å²) in [5, 5.41) is 0. The van der Waals surface area contributed by atoms with Crippen molar-refractivity contribution in [2.24, 2.45) is 0 Å². The fraction of sp³-hybridized carbons (Fsp3) is 1.00. The molecule has 0 aromatic heterocycles. The first-order valence-corrected chi connectivity index (χ1v) is 4.76. The van der Waals surface area contributed by atoms with Gasteiger partial charge < -0.3 is 4.74 Å². The Bertz CT molecular complexity index is 210. The van der Waals surface area contributed by atoms with Crippen molar-refractivity contribution in [3.05, 3.63) is 0 Å². The van der Waals surface area contributed by atoms with Crippen LogP contribution < -0.4 is 4.72 Å². The number of hydrogen-bond donors (Lipinski definition) is 1. The monoisotopic (exact) mass is 183 g/mol. The highest BCUT2D eigenvalue weighted by atomic mass is 32.3. The average molecular weight is 183 g/mol. The lowest BCUT2D eigenvalue weighted by molar-refractivity contribution is 0.0829. The van der Waals surface area contributed by atoms with Crippen LogP contribution in [-0.2, 0) is 15.1 Å². The Labute approximate surface area is 65.1 Å². The molecule has 0 unspecified atom stereocenters. The lowest BCUT2D eigenvalue weighted by Gasteiger charge is -2.20. The minimum Gasteiger partial charge on any atom is -0.381 e. The number of nitrogens with one attached hydrogen (secondary N) is 1. The molecule has 11 heavy (non-hydrogen) atoms. The molecule has 6 heteroatoms. The molecule has 0 aromatic rings. The molecule has 0 saturated carbocycles. The second kappa shape index (κ2) is 3.46. The van der Waals surface area contributed by atoms with E-state index in [1.165, 1.54) is 0 Å². The van der Waals surface area contributed by atoms with Gasteiger partial charge in [-0.25, -0.2) is 0 Å². The average Bonchev–Trinajstić information content (AvgIpc) is 1.85. The van der Waals surface area contributed by atoms with Crippen LogP contribution in [0.15, 0.2) is 0 Å². The van der Waals surface area contributed by atoms with Crippen molar-refractivity contribution < 1.29 is 17.0 Å². The van der Waals surface area contributed by atoms with Gasteiger partial charge in [0.25, 0.3) is 0 Å². The summed E-state index contributed by atoms with van der Waals surface area (Å²) in [6.07, 6.45) is 1.09. The van der Waals surface area contributed by atoms with Crippen LogP contribution >= 0.6 is 0 Å². The second-order valence-electron chi connectivity index (χ2n) is 2.44. The Hall–Kier alpha value is -0.200. The van der Waals surface area contributed by atoms with E-state index in [1.54, 1.807) is 0 Å². The Morgan fingerprint density at radius 2 is 1.91 bits per heavy atom. The Morgan fingerprint density at radius 3 is 2.36 bits per heavy atom. The summed E-state index contributed by atoms with van der Waals surface area (Å²) in [6, 6.07) is -0.293. The largest absolute Gasteiger partial charge is 0.381 e. The second-order valence-corrected chi connectivity index (χ2v) is 3.55. The van der Waals surface area contributed by atoms with Crippen molar-refractivity contribution >= 4 is 10.4 Å². The van der Waals surface area contributed by atoms with E-state index in [9.17, 15) is 12.3 Å². The molecule has 66 valence electrons. The molecular formula is C5H10FNO3S. The van der Waals surface area contributed by atoms with Crippen molar-refractivity contribution in [3.8, 4) is 0 Å². The number of rotatable bonds is 2. The SMILES string of the molecule is O=S(=O)(F)NC1CCOCC1. The maximum absolute atomic E-state index is 12.0. The summed E-state index contributed by atoms with van der Waals surface area (Å²) in [5.74, 6) is 0. The minimum absolute atomic E-state index is 0.293. The van der Waals surface area contributed by atoms with Gasteiger partial charge in [0.15, 0.2) is 0 Å². The molecule has 0 radical (unpaired) electrons. The molecule has 4 nitrogen and oxygen atoms in total. The van der Waals surface area contributed by atoms with Crippen LogP contribution in [0, 0.1) is 0 Å². The van der Waals surface area contributed by atoms with Crippen LogP contribution in [0.5, 0.6) is 0 Å². The van der Waals surface area contributed by atoms with Crippen LogP contribution in [0.25, 0.3) is 0 Å². The summed E-state index contributed by atoms with van der Waals surface area (Å²) in [7, 11) is -4.53. The fourth-order valence-corrected chi connectivity index (χ4v) is 1.65. The first kappa shape index (κ1) is 8.89. The van der Waals surface area contributed by atoms with Crippen molar-refractivity contribution in [1.29, 1.82) is 0 Å². The molecule has 0 aromatic carbocycles. The van der Waals surface area contributed by atoms with E-state index in [0.717, 1.165) is 0 Å². The summed E-state index contributed by atoms with van der Waals surface area (Å²) in [5.41, 5.74) is 0. The molecule has 0 spiro atoms.